The Bertz CT molecular complexity index is 1460. The van der Waals surface area contributed by atoms with E-state index in [9.17, 15) is 9.59 Å². The zero-order valence-electron chi connectivity index (χ0n) is 26.5. The molecule has 0 radical (unpaired) electrons. The first-order chi connectivity index (χ1) is 21.9. The van der Waals surface area contributed by atoms with Gasteiger partial charge in [-0.3, -0.25) is 0 Å². The first-order valence-corrected chi connectivity index (χ1v) is 16.1. The molecule has 0 N–H and O–H groups in total. The van der Waals surface area contributed by atoms with E-state index < -0.39 is 0 Å². The third-order valence-electron chi connectivity index (χ3n) is 8.38. The predicted octanol–water partition coefficient (Wildman–Crippen LogP) is 8.85. The minimum atomic E-state index is -0.367. The normalized spacial score (nSPS) is 18.4. The maximum absolute atomic E-state index is 11.1. The summed E-state index contributed by atoms with van der Waals surface area (Å²) < 4.78 is 22.5. The molecule has 0 amide bonds. The first-order valence-electron chi connectivity index (χ1n) is 16.1. The summed E-state index contributed by atoms with van der Waals surface area (Å²) in [5.41, 5.74) is 2.28. The Labute approximate surface area is 267 Å². The van der Waals surface area contributed by atoms with Crippen molar-refractivity contribution >= 4 is 22.7 Å². The fraction of sp³-hybridized carbons (Fsp3) is 0.385. The summed E-state index contributed by atoms with van der Waals surface area (Å²) in [6.07, 6.45) is 23.2. The lowest BCUT2D eigenvalue weighted by atomic mass is 9.64. The second-order valence-electron chi connectivity index (χ2n) is 11.6. The highest BCUT2D eigenvalue weighted by Gasteiger charge is 2.38. The minimum absolute atomic E-state index is 0.133. The van der Waals surface area contributed by atoms with Crippen molar-refractivity contribution in [2.75, 3.05) is 26.4 Å². The van der Waals surface area contributed by atoms with Crippen LogP contribution in [0.15, 0.2) is 109 Å². The molecule has 6 heteroatoms. The van der Waals surface area contributed by atoms with Crippen LogP contribution >= 0.6 is 0 Å². The number of unbranched alkanes of at least 4 members (excludes halogenated alkanes) is 6. The number of esters is 2. The van der Waals surface area contributed by atoms with Crippen LogP contribution < -0.4 is 4.74 Å². The van der Waals surface area contributed by atoms with Gasteiger partial charge in [0, 0.05) is 23.5 Å². The number of benzene rings is 2. The molecule has 2 unspecified atom stereocenters. The number of carbonyl (C=O) groups is 2. The van der Waals surface area contributed by atoms with Crippen LogP contribution in [0, 0.1) is 5.41 Å². The Kier molecular flexibility index (Phi) is 12.9. The van der Waals surface area contributed by atoms with Gasteiger partial charge in [0.05, 0.1) is 26.4 Å². The maximum Gasteiger partial charge on any atom is 0.330 e. The molecule has 2 aromatic rings. The second-order valence-corrected chi connectivity index (χ2v) is 11.6. The van der Waals surface area contributed by atoms with Crippen LogP contribution in [0.1, 0.15) is 69.8 Å². The molecule has 45 heavy (non-hydrogen) atoms. The highest BCUT2D eigenvalue weighted by Crippen LogP contribution is 2.51. The zero-order valence-corrected chi connectivity index (χ0v) is 26.5. The number of fused-ring (bicyclic) bond motifs is 2. The van der Waals surface area contributed by atoms with Crippen molar-refractivity contribution in [1.82, 2.24) is 0 Å². The van der Waals surface area contributed by atoms with E-state index in [0.29, 0.717) is 26.4 Å². The Morgan fingerprint density at radius 2 is 1.44 bits per heavy atom. The number of allylic oxidation sites excluding steroid dienone is 7. The average molecular weight is 611 g/mol. The molecule has 4 rings (SSSR count). The van der Waals surface area contributed by atoms with E-state index in [1.165, 1.54) is 34.1 Å². The molecule has 2 aliphatic rings. The fourth-order valence-corrected chi connectivity index (χ4v) is 5.87. The van der Waals surface area contributed by atoms with Gasteiger partial charge < -0.3 is 18.9 Å². The molecular formula is C39H46O6. The fourth-order valence-electron chi connectivity index (χ4n) is 5.87. The molecule has 238 valence electrons. The molecule has 0 fully saturated rings. The van der Waals surface area contributed by atoms with E-state index in [1.807, 2.05) is 6.07 Å². The van der Waals surface area contributed by atoms with Crippen molar-refractivity contribution in [3.8, 4) is 5.75 Å². The predicted molar refractivity (Wildman–Crippen MR) is 180 cm³/mol. The minimum Gasteiger partial charge on any atom is -0.494 e. The SMILES string of the molecule is C=CC(=O)OCCCCCCOC1=CC2(C)C(=CC=CC2c2cccc3ccc(OCCCCCCOC(=O)C=C)cc23)C=C1. The average Bonchev–Trinajstić information content (AvgIpc) is 3.05. The van der Waals surface area contributed by atoms with Gasteiger partial charge in [-0.05, 0) is 97.6 Å². The summed E-state index contributed by atoms with van der Waals surface area (Å²) in [4.78, 5) is 22.3. The van der Waals surface area contributed by atoms with Gasteiger partial charge in [-0.25, -0.2) is 9.59 Å². The van der Waals surface area contributed by atoms with Crippen molar-refractivity contribution in [2.45, 2.75) is 64.2 Å². The molecule has 0 saturated carbocycles. The Morgan fingerprint density at radius 1 is 0.800 bits per heavy atom. The lowest BCUT2D eigenvalue weighted by molar-refractivity contribution is -0.138. The van der Waals surface area contributed by atoms with Gasteiger partial charge in [-0.2, -0.15) is 0 Å². The molecule has 0 spiro atoms. The van der Waals surface area contributed by atoms with Gasteiger partial charge >= 0.3 is 11.9 Å². The molecule has 0 heterocycles. The van der Waals surface area contributed by atoms with Crippen LogP contribution in [0.3, 0.4) is 0 Å². The molecule has 0 bridgehead atoms. The number of ether oxygens (including phenoxy) is 4. The lowest BCUT2D eigenvalue weighted by Gasteiger charge is -2.40. The summed E-state index contributed by atoms with van der Waals surface area (Å²) in [7, 11) is 0. The van der Waals surface area contributed by atoms with Gasteiger partial charge in [0.15, 0.2) is 0 Å². The van der Waals surface area contributed by atoms with Crippen molar-refractivity contribution in [1.29, 1.82) is 0 Å². The molecule has 0 aromatic heterocycles. The van der Waals surface area contributed by atoms with Gasteiger partial charge in [0.25, 0.3) is 0 Å². The summed E-state index contributed by atoms with van der Waals surface area (Å²) in [6, 6.07) is 12.9. The van der Waals surface area contributed by atoms with Gasteiger partial charge in [0.2, 0.25) is 0 Å². The largest absolute Gasteiger partial charge is 0.494 e. The molecular weight excluding hydrogens is 564 g/mol. The van der Waals surface area contributed by atoms with Crippen molar-refractivity contribution < 1.29 is 28.5 Å². The van der Waals surface area contributed by atoms with Gasteiger partial charge in [-0.15, -0.1) is 0 Å². The molecule has 0 aliphatic heterocycles. The molecule has 2 atom stereocenters. The smallest absolute Gasteiger partial charge is 0.330 e. The molecule has 6 nitrogen and oxygen atoms in total. The van der Waals surface area contributed by atoms with Crippen LogP contribution in [0.5, 0.6) is 5.75 Å². The van der Waals surface area contributed by atoms with Crippen LogP contribution in [0.4, 0.5) is 0 Å². The first kappa shape index (κ1) is 33.6. The quantitative estimate of drug-likeness (QED) is 0.0899. The maximum atomic E-state index is 11.1. The summed E-state index contributed by atoms with van der Waals surface area (Å²) in [5.74, 6) is 1.17. The van der Waals surface area contributed by atoms with E-state index in [4.69, 9.17) is 18.9 Å². The van der Waals surface area contributed by atoms with Gasteiger partial charge in [0.1, 0.15) is 11.5 Å². The van der Waals surface area contributed by atoms with E-state index in [1.54, 1.807) is 0 Å². The third kappa shape index (κ3) is 9.58. The number of rotatable bonds is 19. The monoisotopic (exact) mass is 610 g/mol. The van der Waals surface area contributed by atoms with Crippen LogP contribution in [0.2, 0.25) is 0 Å². The van der Waals surface area contributed by atoms with E-state index >= 15 is 0 Å². The van der Waals surface area contributed by atoms with E-state index in [0.717, 1.165) is 62.9 Å². The Balaban J connectivity index is 1.34. The topological polar surface area (TPSA) is 71.1 Å². The van der Waals surface area contributed by atoms with E-state index in [2.05, 4.69) is 86.9 Å². The van der Waals surface area contributed by atoms with Crippen molar-refractivity contribution in [3.05, 3.63) is 115 Å². The van der Waals surface area contributed by atoms with Crippen LogP contribution in [-0.2, 0) is 23.8 Å². The number of hydrogen-bond donors (Lipinski definition) is 0. The van der Waals surface area contributed by atoms with Gasteiger partial charge in [-0.1, -0.05) is 68.7 Å². The second kappa shape index (κ2) is 17.2. The standard InChI is InChI=1S/C39H46O6/c1-4-37(40)44-26-12-8-6-10-24-42-32-22-20-30-16-14-18-34(35(30)28-32)36-19-15-17-31-21-23-33(29-39(31,36)3)43-25-11-7-9-13-27-45-38(41)5-2/h4-5,14-23,28-29,36H,1-2,6-13,24-27H2,3H3. The summed E-state index contributed by atoms with van der Waals surface area (Å²) in [5, 5.41) is 2.38. The Hall–Kier alpha value is -4.32. The number of carbonyl (C=O) groups excluding carboxylic acids is 2. The lowest BCUT2D eigenvalue weighted by Crippen LogP contribution is -2.28. The highest BCUT2D eigenvalue weighted by atomic mass is 16.5. The van der Waals surface area contributed by atoms with Crippen LogP contribution in [0.25, 0.3) is 10.8 Å². The van der Waals surface area contributed by atoms with Crippen molar-refractivity contribution in [2.24, 2.45) is 5.41 Å². The molecule has 2 aromatic carbocycles. The third-order valence-corrected chi connectivity index (χ3v) is 8.38. The highest BCUT2D eigenvalue weighted by molar-refractivity contribution is 5.88. The summed E-state index contributed by atoms with van der Waals surface area (Å²) in [6.45, 7) is 11.3. The van der Waals surface area contributed by atoms with Crippen molar-refractivity contribution in [3.63, 3.8) is 0 Å². The molecule has 2 aliphatic carbocycles. The summed E-state index contributed by atoms with van der Waals surface area (Å²) >= 11 is 0. The molecule has 0 saturated heterocycles. The van der Waals surface area contributed by atoms with Crippen LogP contribution in [-0.4, -0.2) is 38.4 Å². The Morgan fingerprint density at radius 3 is 2.11 bits per heavy atom. The zero-order chi connectivity index (χ0) is 31.9. The van der Waals surface area contributed by atoms with E-state index in [-0.39, 0.29) is 23.3 Å². The number of hydrogen-bond acceptors (Lipinski definition) is 6.